The minimum Gasteiger partial charge on any atom is -0.488 e. The van der Waals surface area contributed by atoms with Crippen LogP contribution in [-0.2, 0) is 33.9 Å². The van der Waals surface area contributed by atoms with Gasteiger partial charge in [0.25, 0.3) is 5.88 Å². The maximum absolute atomic E-state index is 14.9. The monoisotopic (exact) mass is 698 g/mol. The maximum Gasteiger partial charge on any atom is 0.265 e. The van der Waals surface area contributed by atoms with Crippen LogP contribution < -0.4 is 9.47 Å². The van der Waals surface area contributed by atoms with Gasteiger partial charge in [0.05, 0.1) is 28.0 Å². The number of carbonyl (C=O) groups is 3. The van der Waals surface area contributed by atoms with E-state index in [1.54, 1.807) is 13.0 Å². The summed E-state index contributed by atoms with van der Waals surface area (Å²) >= 11 is 7.06. The summed E-state index contributed by atoms with van der Waals surface area (Å²) in [6.45, 7) is 2.01. The van der Waals surface area contributed by atoms with Crippen LogP contribution >= 0.6 is 11.6 Å². The van der Waals surface area contributed by atoms with E-state index in [-0.39, 0.29) is 36.0 Å². The van der Waals surface area contributed by atoms with Crippen molar-refractivity contribution in [3.8, 4) is 11.6 Å². The smallest absolute Gasteiger partial charge is 0.265 e. The van der Waals surface area contributed by atoms with Gasteiger partial charge < -0.3 is 23.5 Å². The number of Topliss-reactive ketones (excluding diaryl/α,β-unsaturated/α-hetero) is 3. The first-order valence-corrected chi connectivity index (χ1v) is 17.0. The van der Waals surface area contributed by atoms with Crippen molar-refractivity contribution in [1.29, 1.82) is 0 Å². The topological polar surface area (TPSA) is 117 Å². The Kier molecular flexibility index (Phi) is 9.15. The second-order valence-electron chi connectivity index (χ2n) is 13.7. The molecule has 3 aliphatic carbocycles. The molecule has 260 valence electrons. The van der Waals surface area contributed by atoms with Gasteiger partial charge >= 0.3 is 0 Å². The van der Waals surface area contributed by atoms with Gasteiger partial charge in [-0.05, 0) is 67.7 Å². The number of rotatable bonds is 10. The van der Waals surface area contributed by atoms with Gasteiger partial charge in [-0.3, -0.25) is 19.3 Å². The lowest BCUT2D eigenvalue weighted by Crippen LogP contribution is -2.60. The number of halogens is 1. The summed E-state index contributed by atoms with van der Waals surface area (Å²) in [5, 5.41) is 4.51. The van der Waals surface area contributed by atoms with Crippen LogP contribution in [0, 0.1) is 23.2 Å². The molecular formula is C39H39ClN2O8. The van der Waals surface area contributed by atoms with E-state index in [1.165, 1.54) is 14.2 Å². The highest BCUT2D eigenvalue weighted by molar-refractivity contribution is 6.33. The summed E-state index contributed by atoms with van der Waals surface area (Å²) in [6.07, 6.45) is -0.0962. The van der Waals surface area contributed by atoms with E-state index in [0.717, 1.165) is 11.1 Å². The highest BCUT2D eigenvalue weighted by atomic mass is 35.5. The quantitative estimate of drug-likeness (QED) is 0.129. The Bertz CT molecular complexity index is 1940. The molecule has 0 spiro atoms. The predicted octanol–water partition coefficient (Wildman–Crippen LogP) is 6.84. The lowest BCUT2D eigenvalue weighted by Gasteiger charge is -2.52. The van der Waals surface area contributed by atoms with Crippen molar-refractivity contribution in [1.82, 2.24) is 10.1 Å². The Morgan fingerprint density at radius 1 is 0.940 bits per heavy atom. The van der Waals surface area contributed by atoms with E-state index in [0.29, 0.717) is 34.8 Å². The number of carbonyl (C=O) groups excluding carboxylic acids is 3. The molecule has 11 heteroatoms. The fourth-order valence-electron chi connectivity index (χ4n) is 8.20. The predicted molar refractivity (Wildman–Crippen MR) is 183 cm³/mol. The van der Waals surface area contributed by atoms with Crippen LogP contribution in [0.5, 0.6) is 11.6 Å². The van der Waals surface area contributed by atoms with Crippen molar-refractivity contribution >= 4 is 29.0 Å². The zero-order valence-electron chi connectivity index (χ0n) is 28.6. The Hall–Kier alpha value is -4.35. The van der Waals surface area contributed by atoms with Gasteiger partial charge in [0.2, 0.25) is 0 Å². The molecule has 0 amide bonds. The van der Waals surface area contributed by atoms with Crippen molar-refractivity contribution in [2.75, 3.05) is 28.3 Å². The van der Waals surface area contributed by atoms with E-state index in [4.69, 9.17) is 35.1 Å². The largest absolute Gasteiger partial charge is 0.488 e. The minimum absolute atomic E-state index is 0.0392. The standard InChI is InChI=1S/C39H39ClN2O8/c1-39-26(32(42(2)3)34-30(36(39)45)37(41-50-34)49-20-22-14-10-7-11-15-22)17-23-16-24-29(33(43)28(23)35(39)44)27(48-19-21-12-8-6-9-13-21)18-25(31(24)40)38(46-4)47-5/h6-15,18,23,26,28,32,38H,16-17,19-20H2,1-5H3. The third-order valence-corrected chi connectivity index (χ3v) is 11.1. The fourth-order valence-corrected chi connectivity index (χ4v) is 8.51. The van der Waals surface area contributed by atoms with Gasteiger partial charge in [-0.1, -0.05) is 72.3 Å². The highest BCUT2D eigenvalue weighted by Crippen LogP contribution is 2.59. The summed E-state index contributed by atoms with van der Waals surface area (Å²) in [4.78, 5) is 46.2. The summed E-state index contributed by atoms with van der Waals surface area (Å²) in [6, 6.07) is 20.3. The number of aromatic nitrogens is 1. The fraction of sp³-hybridized carbons (Fsp3) is 0.385. The molecule has 1 heterocycles. The third kappa shape index (κ3) is 5.45. The normalized spacial score (nSPS) is 24.1. The lowest BCUT2D eigenvalue weighted by molar-refractivity contribution is -0.140. The zero-order valence-corrected chi connectivity index (χ0v) is 29.4. The molecule has 3 aliphatic rings. The number of ether oxygens (including phenoxy) is 4. The molecular weight excluding hydrogens is 660 g/mol. The van der Waals surface area contributed by atoms with Crippen LogP contribution in [0.4, 0.5) is 0 Å². The number of hydrogen-bond acceptors (Lipinski definition) is 10. The molecule has 1 saturated carbocycles. The van der Waals surface area contributed by atoms with Crippen LogP contribution in [0.2, 0.25) is 5.02 Å². The van der Waals surface area contributed by atoms with E-state index >= 15 is 0 Å². The molecule has 5 atom stereocenters. The molecule has 4 aromatic rings. The lowest BCUT2D eigenvalue weighted by atomic mass is 9.50. The summed E-state index contributed by atoms with van der Waals surface area (Å²) < 4.78 is 29.3. The number of benzene rings is 3. The molecule has 0 N–H and O–H groups in total. The molecule has 5 unspecified atom stereocenters. The summed E-state index contributed by atoms with van der Waals surface area (Å²) in [5.41, 5.74) is 1.74. The van der Waals surface area contributed by atoms with Gasteiger partial charge in [0.15, 0.2) is 29.4 Å². The molecule has 3 aromatic carbocycles. The Labute approximate surface area is 295 Å². The second kappa shape index (κ2) is 13.4. The van der Waals surface area contributed by atoms with E-state index in [9.17, 15) is 14.4 Å². The molecule has 7 rings (SSSR count). The van der Waals surface area contributed by atoms with Crippen LogP contribution in [0.3, 0.4) is 0 Å². The molecule has 0 aliphatic heterocycles. The van der Waals surface area contributed by atoms with Crippen LogP contribution in [-0.4, -0.2) is 55.7 Å². The second-order valence-corrected chi connectivity index (χ2v) is 14.0. The van der Waals surface area contributed by atoms with E-state index in [2.05, 4.69) is 5.16 Å². The molecule has 0 bridgehead atoms. The average Bonchev–Trinajstić information content (AvgIpc) is 3.54. The van der Waals surface area contributed by atoms with Gasteiger partial charge in [0, 0.05) is 25.7 Å². The summed E-state index contributed by atoms with van der Waals surface area (Å²) in [7, 11) is 6.77. The minimum atomic E-state index is -1.54. The van der Waals surface area contributed by atoms with E-state index in [1.807, 2.05) is 79.7 Å². The van der Waals surface area contributed by atoms with Gasteiger partial charge in [0.1, 0.15) is 24.5 Å². The van der Waals surface area contributed by atoms with Crippen molar-refractivity contribution in [3.05, 3.63) is 111 Å². The Morgan fingerprint density at radius 2 is 1.56 bits per heavy atom. The highest BCUT2D eigenvalue weighted by Gasteiger charge is 2.65. The van der Waals surface area contributed by atoms with Crippen molar-refractivity contribution < 1.29 is 37.9 Å². The van der Waals surface area contributed by atoms with Gasteiger partial charge in [-0.2, -0.15) is 0 Å². The van der Waals surface area contributed by atoms with Crippen LogP contribution in [0.15, 0.2) is 71.3 Å². The Balaban J connectivity index is 1.29. The zero-order chi connectivity index (χ0) is 35.3. The summed E-state index contributed by atoms with van der Waals surface area (Å²) in [5.74, 6) is -2.60. The molecule has 1 aromatic heterocycles. The third-order valence-electron chi connectivity index (χ3n) is 10.6. The first-order valence-electron chi connectivity index (χ1n) is 16.6. The molecule has 50 heavy (non-hydrogen) atoms. The van der Waals surface area contributed by atoms with Crippen molar-refractivity contribution in [2.24, 2.45) is 23.2 Å². The number of hydrogen-bond donors (Lipinski definition) is 0. The molecule has 0 saturated heterocycles. The van der Waals surface area contributed by atoms with Crippen molar-refractivity contribution in [2.45, 2.75) is 45.3 Å². The number of ketones is 3. The molecule has 0 radical (unpaired) electrons. The van der Waals surface area contributed by atoms with Gasteiger partial charge in [-0.25, -0.2) is 0 Å². The van der Waals surface area contributed by atoms with Crippen molar-refractivity contribution in [3.63, 3.8) is 0 Å². The van der Waals surface area contributed by atoms with Crippen LogP contribution in [0.1, 0.15) is 74.4 Å². The van der Waals surface area contributed by atoms with Crippen LogP contribution in [0.25, 0.3) is 0 Å². The number of methoxy groups -OCH3 is 2. The first-order chi connectivity index (χ1) is 24.1. The average molecular weight is 699 g/mol. The maximum atomic E-state index is 14.9. The molecule has 1 fully saturated rings. The SMILES string of the molecule is COC(OC)c1cc(OCc2ccccc2)c2c(c1Cl)CC1CC3C(N(C)C)c4onc(OCc5ccccc5)c4C(=O)C3(C)C(=O)C1C2=O. The van der Waals surface area contributed by atoms with E-state index < -0.39 is 52.9 Å². The molecule has 10 nitrogen and oxygen atoms in total. The number of nitrogens with zero attached hydrogens (tertiary/aromatic N) is 2. The first kappa shape index (κ1) is 34.1. The number of fused-ring (bicyclic) bond motifs is 4. The Morgan fingerprint density at radius 3 is 2.16 bits per heavy atom. The van der Waals surface area contributed by atoms with Gasteiger partial charge in [-0.15, -0.1) is 0 Å².